The molecule has 0 amide bonds. The Bertz CT molecular complexity index is 891. The van der Waals surface area contributed by atoms with E-state index in [9.17, 15) is 4.79 Å². The number of aliphatic hydroxyl groups excluding tert-OH is 1. The third-order valence-electron chi connectivity index (χ3n) is 7.69. The number of esters is 1. The summed E-state index contributed by atoms with van der Waals surface area (Å²) in [6.45, 7) is 10.3. The average Bonchev–Trinajstić information content (AvgIpc) is 3.20. The van der Waals surface area contributed by atoms with Crippen molar-refractivity contribution in [3.63, 3.8) is 0 Å². The molecule has 0 spiro atoms. The number of carbonyl (C=O) groups is 1. The van der Waals surface area contributed by atoms with Crippen LogP contribution in [0.15, 0.2) is 60.2 Å². The van der Waals surface area contributed by atoms with E-state index in [2.05, 4.69) is 60.1 Å². The summed E-state index contributed by atoms with van der Waals surface area (Å²) in [4.78, 5) is 17.2. The molecule has 2 saturated heterocycles. The maximum absolute atomic E-state index is 11.9. The van der Waals surface area contributed by atoms with Crippen LogP contribution in [0, 0.1) is 11.3 Å². The van der Waals surface area contributed by atoms with Gasteiger partial charge in [-0.25, -0.2) is 4.79 Å². The second-order valence-corrected chi connectivity index (χ2v) is 9.62. The van der Waals surface area contributed by atoms with Crippen molar-refractivity contribution in [2.75, 3.05) is 40.4 Å². The molecule has 1 aromatic carbocycles. The first-order valence-corrected chi connectivity index (χ1v) is 12.1. The van der Waals surface area contributed by atoms with Gasteiger partial charge >= 0.3 is 5.97 Å². The highest BCUT2D eigenvalue weighted by molar-refractivity contribution is 5.89. The molecule has 5 nitrogen and oxygen atoms in total. The number of ether oxygens (including phenoxy) is 1. The zero-order valence-corrected chi connectivity index (χ0v) is 20.7. The minimum Gasteiger partial charge on any atom is -0.465 e. The molecule has 1 N–H and O–H groups in total. The molecule has 2 aliphatic heterocycles. The molecule has 0 bridgehead atoms. The molecule has 33 heavy (non-hydrogen) atoms. The standard InChI is InChI=1S/C27H36N2O2.CH4O/c1-21-18-29-16-15-28(19-22-9-8-10-23(17-22)26(30)31-3)20-25(29)13-14-27(21,2)24-11-6-4-5-7-12-24;1-2/h4-6,8-12,17,21,25H,7,13-16,18-20H2,1-3H3;2H,1H3/t21?,25?,27-;/m1./s1. The van der Waals surface area contributed by atoms with E-state index in [0.29, 0.717) is 17.5 Å². The van der Waals surface area contributed by atoms with Gasteiger partial charge in [0.25, 0.3) is 0 Å². The SMILES string of the molecule is CO.COC(=O)c1cccc(CN2CCN3CC(C)[C@](C)(C4=CCC=CC=C4)CCC3C2)c1. The first-order valence-electron chi connectivity index (χ1n) is 12.1. The van der Waals surface area contributed by atoms with E-state index in [1.54, 1.807) is 0 Å². The fraction of sp³-hybridized carbons (Fsp3) is 0.536. The van der Waals surface area contributed by atoms with Crippen molar-refractivity contribution in [3.05, 3.63) is 71.3 Å². The molecule has 5 heteroatoms. The molecule has 1 aromatic rings. The van der Waals surface area contributed by atoms with Crippen molar-refractivity contribution in [2.45, 2.75) is 45.7 Å². The Balaban J connectivity index is 0.00000149. The van der Waals surface area contributed by atoms with Crippen LogP contribution in [0.4, 0.5) is 0 Å². The number of benzene rings is 1. The quantitative estimate of drug-likeness (QED) is 0.684. The summed E-state index contributed by atoms with van der Waals surface area (Å²) >= 11 is 0. The lowest BCUT2D eigenvalue weighted by molar-refractivity contribution is 0.0597. The molecule has 3 atom stereocenters. The predicted octanol–water partition coefficient (Wildman–Crippen LogP) is 4.45. The van der Waals surface area contributed by atoms with Crippen molar-refractivity contribution in [1.82, 2.24) is 9.80 Å². The zero-order valence-electron chi connectivity index (χ0n) is 20.7. The molecule has 180 valence electrons. The van der Waals surface area contributed by atoms with Crippen LogP contribution >= 0.6 is 0 Å². The minimum absolute atomic E-state index is 0.236. The van der Waals surface area contributed by atoms with Gasteiger partial charge in [-0.2, -0.15) is 0 Å². The molecule has 4 rings (SSSR count). The molecular weight excluding hydrogens is 412 g/mol. The van der Waals surface area contributed by atoms with Crippen LogP contribution in [0.2, 0.25) is 0 Å². The van der Waals surface area contributed by atoms with Crippen LogP contribution in [0.3, 0.4) is 0 Å². The van der Waals surface area contributed by atoms with Gasteiger partial charge < -0.3 is 9.84 Å². The van der Waals surface area contributed by atoms with E-state index in [1.807, 2.05) is 18.2 Å². The lowest BCUT2D eigenvalue weighted by Gasteiger charge is -2.41. The van der Waals surface area contributed by atoms with Crippen LogP contribution in [0.1, 0.15) is 49.0 Å². The monoisotopic (exact) mass is 452 g/mol. The van der Waals surface area contributed by atoms with E-state index in [-0.39, 0.29) is 11.4 Å². The first-order chi connectivity index (χ1) is 16.0. The first kappa shape index (κ1) is 25.4. The summed E-state index contributed by atoms with van der Waals surface area (Å²) in [7, 11) is 2.44. The normalized spacial score (nSPS) is 28.0. The highest BCUT2D eigenvalue weighted by Gasteiger charge is 2.41. The third-order valence-corrected chi connectivity index (χ3v) is 7.69. The average molecular weight is 453 g/mol. The maximum atomic E-state index is 11.9. The van der Waals surface area contributed by atoms with Gasteiger partial charge in [0.05, 0.1) is 12.7 Å². The van der Waals surface area contributed by atoms with Crippen molar-refractivity contribution >= 4 is 5.97 Å². The summed E-state index contributed by atoms with van der Waals surface area (Å²) in [5.74, 6) is 0.371. The minimum atomic E-state index is -0.263. The number of nitrogens with zero attached hydrogens (tertiary/aromatic N) is 2. The van der Waals surface area contributed by atoms with Gasteiger partial charge in [0.15, 0.2) is 0 Å². The van der Waals surface area contributed by atoms with Crippen LogP contribution in [-0.4, -0.2) is 67.3 Å². The molecule has 2 fully saturated rings. The molecule has 1 aliphatic carbocycles. The predicted molar refractivity (Wildman–Crippen MR) is 134 cm³/mol. The van der Waals surface area contributed by atoms with E-state index in [0.717, 1.165) is 39.7 Å². The number of methoxy groups -OCH3 is 1. The largest absolute Gasteiger partial charge is 0.465 e. The smallest absolute Gasteiger partial charge is 0.337 e. The third kappa shape index (κ3) is 6.03. The number of piperazine rings is 1. The Morgan fingerprint density at radius 2 is 2.03 bits per heavy atom. The van der Waals surface area contributed by atoms with E-state index >= 15 is 0 Å². The number of hydrogen-bond donors (Lipinski definition) is 1. The highest BCUT2D eigenvalue weighted by Crippen LogP contribution is 2.45. The number of aliphatic hydroxyl groups is 1. The number of allylic oxidation sites excluding steroid dienone is 6. The van der Waals surface area contributed by atoms with Crippen LogP contribution < -0.4 is 0 Å². The molecule has 0 radical (unpaired) electrons. The Morgan fingerprint density at radius 3 is 2.82 bits per heavy atom. The number of fused-ring (bicyclic) bond motifs is 1. The molecule has 0 saturated carbocycles. The molecular formula is C28H40N2O3. The number of hydrogen-bond acceptors (Lipinski definition) is 5. The Kier molecular flexibility index (Phi) is 9.07. The lowest BCUT2D eigenvalue weighted by Crippen LogP contribution is -2.53. The van der Waals surface area contributed by atoms with Crippen LogP contribution in [0.5, 0.6) is 0 Å². The lowest BCUT2D eigenvalue weighted by atomic mass is 9.69. The highest BCUT2D eigenvalue weighted by atomic mass is 16.5. The van der Waals surface area contributed by atoms with Crippen molar-refractivity contribution < 1.29 is 14.6 Å². The Hall–Kier alpha value is -2.21. The van der Waals surface area contributed by atoms with E-state index < -0.39 is 0 Å². The topological polar surface area (TPSA) is 53.0 Å². The summed E-state index contributed by atoms with van der Waals surface area (Å²) in [5, 5.41) is 7.00. The van der Waals surface area contributed by atoms with Crippen molar-refractivity contribution in [1.29, 1.82) is 0 Å². The molecule has 3 aliphatic rings. The van der Waals surface area contributed by atoms with Gasteiger partial charge in [-0.3, -0.25) is 9.80 Å². The summed E-state index contributed by atoms with van der Waals surface area (Å²) in [6.07, 6.45) is 14.9. The summed E-state index contributed by atoms with van der Waals surface area (Å²) in [6, 6.07) is 8.48. The van der Waals surface area contributed by atoms with Crippen molar-refractivity contribution in [3.8, 4) is 0 Å². The van der Waals surface area contributed by atoms with Gasteiger partial charge in [0, 0.05) is 45.9 Å². The van der Waals surface area contributed by atoms with Gasteiger partial charge in [-0.15, -0.1) is 0 Å². The fourth-order valence-electron chi connectivity index (χ4n) is 5.49. The van der Waals surface area contributed by atoms with Gasteiger partial charge in [0.2, 0.25) is 0 Å². The van der Waals surface area contributed by atoms with Gasteiger partial charge in [-0.1, -0.05) is 56.4 Å². The Morgan fingerprint density at radius 1 is 1.21 bits per heavy atom. The number of carbonyl (C=O) groups excluding carboxylic acids is 1. The van der Waals surface area contributed by atoms with E-state index in [4.69, 9.17) is 9.84 Å². The van der Waals surface area contributed by atoms with Crippen molar-refractivity contribution in [2.24, 2.45) is 11.3 Å². The fourth-order valence-corrected chi connectivity index (χ4v) is 5.49. The van der Waals surface area contributed by atoms with Crippen LogP contribution in [-0.2, 0) is 11.3 Å². The van der Waals surface area contributed by atoms with Crippen LogP contribution in [0.25, 0.3) is 0 Å². The zero-order chi connectivity index (χ0) is 23.8. The summed E-state index contributed by atoms with van der Waals surface area (Å²) in [5.41, 5.74) is 3.57. The van der Waals surface area contributed by atoms with Gasteiger partial charge in [0.1, 0.15) is 0 Å². The maximum Gasteiger partial charge on any atom is 0.337 e. The second-order valence-electron chi connectivity index (χ2n) is 9.62. The molecule has 2 heterocycles. The number of rotatable bonds is 4. The molecule has 0 aromatic heterocycles. The second kappa shape index (κ2) is 11.8. The Labute approximate surface area is 199 Å². The van der Waals surface area contributed by atoms with E-state index in [1.165, 1.54) is 37.6 Å². The summed E-state index contributed by atoms with van der Waals surface area (Å²) < 4.78 is 4.88. The van der Waals surface area contributed by atoms with Gasteiger partial charge in [-0.05, 0) is 53.9 Å². The molecule has 2 unspecified atom stereocenters.